The van der Waals surface area contributed by atoms with E-state index in [1.54, 1.807) is 6.07 Å². The normalized spacial score (nSPS) is 15.8. The summed E-state index contributed by atoms with van der Waals surface area (Å²) in [4.78, 5) is 14.2. The number of rotatable bonds is 1. The van der Waals surface area contributed by atoms with Gasteiger partial charge in [-0.2, -0.15) is 0 Å². The molecule has 0 saturated carbocycles. The highest BCUT2D eigenvalue weighted by molar-refractivity contribution is 6.34. The molecule has 100 valence electrons. The maximum absolute atomic E-state index is 12.3. The van der Waals surface area contributed by atoms with Crippen LogP contribution in [0.5, 0.6) is 0 Å². The molecule has 0 aliphatic carbocycles. The number of carbonyl (C=O) groups excluding carboxylic acids is 1. The van der Waals surface area contributed by atoms with Gasteiger partial charge < -0.3 is 10.2 Å². The number of carbonyl (C=O) groups is 1. The molecule has 1 aliphatic heterocycles. The number of amides is 1. The van der Waals surface area contributed by atoms with Gasteiger partial charge >= 0.3 is 0 Å². The van der Waals surface area contributed by atoms with Crippen LogP contribution >= 0.6 is 24.0 Å². The van der Waals surface area contributed by atoms with Gasteiger partial charge in [0.2, 0.25) is 0 Å². The fourth-order valence-electron chi connectivity index (χ4n) is 2.03. The Bertz CT molecular complexity index is 415. The van der Waals surface area contributed by atoms with Gasteiger partial charge in [0.25, 0.3) is 5.91 Å². The summed E-state index contributed by atoms with van der Waals surface area (Å²) in [5.41, 5.74) is 1.57. The smallest absolute Gasteiger partial charge is 0.255 e. The van der Waals surface area contributed by atoms with Gasteiger partial charge in [0.15, 0.2) is 0 Å². The number of benzene rings is 1. The van der Waals surface area contributed by atoms with Crippen molar-refractivity contribution in [3.8, 4) is 0 Å². The topological polar surface area (TPSA) is 32.3 Å². The van der Waals surface area contributed by atoms with E-state index in [1.807, 2.05) is 24.0 Å². The van der Waals surface area contributed by atoms with Crippen LogP contribution in [0.15, 0.2) is 18.2 Å². The van der Waals surface area contributed by atoms with Crippen LogP contribution < -0.4 is 5.32 Å². The lowest BCUT2D eigenvalue weighted by Gasteiger charge is -2.20. The first-order chi connectivity index (χ1) is 8.20. The Hall–Kier alpha value is -0.770. The Morgan fingerprint density at radius 2 is 2.11 bits per heavy atom. The molecule has 18 heavy (non-hydrogen) atoms. The second kappa shape index (κ2) is 6.98. The monoisotopic (exact) mass is 288 g/mol. The molecule has 1 amide bonds. The molecule has 0 atom stereocenters. The zero-order valence-corrected chi connectivity index (χ0v) is 12.0. The minimum Gasteiger partial charge on any atom is -0.337 e. The average Bonchev–Trinajstić information content (AvgIpc) is 2.60. The molecule has 5 heteroatoms. The van der Waals surface area contributed by atoms with Gasteiger partial charge in [-0.3, -0.25) is 4.79 Å². The maximum atomic E-state index is 12.3. The summed E-state index contributed by atoms with van der Waals surface area (Å²) in [7, 11) is 0. The predicted molar refractivity (Wildman–Crippen MR) is 76.8 cm³/mol. The second-order valence-electron chi connectivity index (χ2n) is 4.33. The summed E-state index contributed by atoms with van der Waals surface area (Å²) in [5, 5.41) is 3.86. The predicted octanol–water partition coefficient (Wildman–Crippen LogP) is 2.51. The van der Waals surface area contributed by atoms with Crippen LogP contribution in [0.2, 0.25) is 5.02 Å². The van der Waals surface area contributed by atoms with Crippen molar-refractivity contribution in [3.63, 3.8) is 0 Å². The van der Waals surface area contributed by atoms with Crippen molar-refractivity contribution in [1.29, 1.82) is 0 Å². The summed E-state index contributed by atoms with van der Waals surface area (Å²) in [6.07, 6.45) is 0.995. The van der Waals surface area contributed by atoms with Gasteiger partial charge in [-0.1, -0.05) is 23.7 Å². The summed E-state index contributed by atoms with van der Waals surface area (Å²) in [6.45, 7) is 5.31. The lowest BCUT2D eigenvalue weighted by atomic mass is 10.1. The fraction of sp³-hybridized carbons (Fsp3) is 0.462. The molecule has 1 N–H and O–H groups in total. The summed E-state index contributed by atoms with van der Waals surface area (Å²) in [6, 6.07) is 5.60. The number of nitrogens with one attached hydrogen (secondary N) is 1. The molecule has 1 aromatic carbocycles. The Morgan fingerprint density at radius 3 is 2.89 bits per heavy atom. The third-order valence-electron chi connectivity index (χ3n) is 3.05. The van der Waals surface area contributed by atoms with E-state index in [0.717, 1.165) is 38.2 Å². The van der Waals surface area contributed by atoms with Crippen molar-refractivity contribution in [1.82, 2.24) is 10.2 Å². The molecule has 3 nitrogen and oxygen atoms in total. The van der Waals surface area contributed by atoms with Gasteiger partial charge in [0.1, 0.15) is 0 Å². The first-order valence-electron chi connectivity index (χ1n) is 5.95. The van der Waals surface area contributed by atoms with Gasteiger partial charge in [-0.05, 0) is 31.5 Å². The third-order valence-corrected chi connectivity index (χ3v) is 3.55. The van der Waals surface area contributed by atoms with E-state index >= 15 is 0 Å². The van der Waals surface area contributed by atoms with Crippen LogP contribution in [-0.4, -0.2) is 37.0 Å². The highest BCUT2D eigenvalue weighted by Gasteiger charge is 2.19. The van der Waals surface area contributed by atoms with Gasteiger partial charge in [-0.15, -0.1) is 12.4 Å². The van der Waals surface area contributed by atoms with Crippen molar-refractivity contribution < 1.29 is 4.79 Å². The summed E-state index contributed by atoms with van der Waals surface area (Å²) >= 11 is 6.18. The lowest BCUT2D eigenvalue weighted by Crippen LogP contribution is -2.34. The quantitative estimate of drug-likeness (QED) is 0.861. The molecule has 1 heterocycles. The molecule has 1 fully saturated rings. The lowest BCUT2D eigenvalue weighted by molar-refractivity contribution is 0.0766. The Balaban J connectivity index is 0.00000162. The fourth-order valence-corrected chi connectivity index (χ4v) is 2.24. The van der Waals surface area contributed by atoms with E-state index < -0.39 is 0 Å². The zero-order valence-electron chi connectivity index (χ0n) is 10.4. The molecule has 1 aromatic rings. The first kappa shape index (κ1) is 15.3. The molecule has 0 spiro atoms. The van der Waals surface area contributed by atoms with Crippen molar-refractivity contribution in [2.45, 2.75) is 13.3 Å². The number of nitrogens with zero attached hydrogens (tertiary/aromatic N) is 1. The highest BCUT2D eigenvalue weighted by Crippen LogP contribution is 2.21. The van der Waals surface area contributed by atoms with Crippen LogP contribution in [0.3, 0.4) is 0 Å². The van der Waals surface area contributed by atoms with E-state index in [9.17, 15) is 4.79 Å². The molecular formula is C13H18Cl2N2O. The standard InChI is InChI=1S/C13H17ClN2O.ClH/c1-10-4-2-5-11(12(10)14)13(17)16-8-3-6-15-7-9-16;/h2,4-5,15H,3,6-9H2,1H3;1H. The van der Waals surface area contributed by atoms with E-state index in [4.69, 9.17) is 11.6 Å². The SMILES string of the molecule is Cc1cccc(C(=O)N2CCCNCC2)c1Cl.Cl. The minimum atomic E-state index is 0. The van der Waals surface area contributed by atoms with Crippen LogP contribution in [0.25, 0.3) is 0 Å². The molecule has 1 saturated heterocycles. The van der Waals surface area contributed by atoms with Crippen molar-refractivity contribution in [2.24, 2.45) is 0 Å². The van der Waals surface area contributed by atoms with Crippen LogP contribution in [0, 0.1) is 6.92 Å². The largest absolute Gasteiger partial charge is 0.337 e. The van der Waals surface area contributed by atoms with Crippen molar-refractivity contribution >= 4 is 29.9 Å². The molecule has 0 radical (unpaired) electrons. The van der Waals surface area contributed by atoms with Crippen molar-refractivity contribution in [2.75, 3.05) is 26.2 Å². The summed E-state index contributed by atoms with van der Waals surface area (Å²) < 4.78 is 0. The number of hydrogen-bond donors (Lipinski definition) is 1. The highest BCUT2D eigenvalue weighted by atomic mass is 35.5. The first-order valence-corrected chi connectivity index (χ1v) is 6.33. The van der Waals surface area contributed by atoms with Gasteiger partial charge in [-0.25, -0.2) is 0 Å². The van der Waals surface area contributed by atoms with E-state index in [0.29, 0.717) is 10.6 Å². The van der Waals surface area contributed by atoms with Crippen LogP contribution in [0.1, 0.15) is 22.3 Å². The van der Waals surface area contributed by atoms with Crippen LogP contribution in [0.4, 0.5) is 0 Å². The maximum Gasteiger partial charge on any atom is 0.255 e. The number of hydrogen-bond acceptors (Lipinski definition) is 2. The van der Waals surface area contributed by atoms with Gasteiger partial charge in [0, 0.05) is 19.6 Å². The molecule has 1 aliphatic rings. The molecule has 2 rings (SSSR count). The van der Waals surface area contributed by atoms with Crippen molar-refractivity contribution in [3.05, 3.63) is 34.3 Å². The van der Waals surface area contributed by atoms with E-state index in [1.165, 1.54) is 0 Å². The average molecular weight is 289 g/mol. The van der Waals surface area contributed by atoms with E-state index in [-0.39, 0.29) is 18.3 Å². The molecule has 0 unspecified atom stereocenters. The molecular weight excluding hydrogens is 271 g/mol. The third kappa shape index (κ3) is 3.37. The Morgan fingerprint density at radius 1 is 1.33 bits per heavy atom. The Kier molecular flexibility index (Phi) is 5.93. The second-order valence-corrected chi connectivity index (χ2v) is 4.71. The van der Waals surface area contributed by atoms with Crippen LogP contribution in [-0.2, 0) is 0 Å². The Labute approximate surface area is 119 Å². The minimum absolute atomic E-state index is 0. The summed E-state index contributed by atoms with van der Waals surface area (Å²) in [5.74, 6) is 0.0439. The van der Waals surface area contributed by atoms with E-state index in [2.05, 4.69) is 5.32 Å². The number of halogens is 2. The molecule has 0 bridgehead atoms. The molecule has 0 aromatic heterocycles. The number of aryl methyl sites for hydroxylation is 1. The van der Waals surface area contributed by atoms with Gasteiger partial charge in [0.05, 0.1) is 10.6 Å². The zero-order chi connectivity index (χ0) is 12.3.